The number of rotatable bonds is 8. The van der Waals surface area contributed by atoms with Crippen LogP contribution < -0.4 is 10.1 Å². The predicted octanol–water partition coefficient (Wildman–Crippen LogP) is 4.91. The third-order valence-electron chi connectivity index (χ3n) is 5.11. The molecule has 1 aliphatic carbocycles. The van der Waals surface area contributed by atoms with Crippen molar-refractivity contribution >= 4 is 29.3 Å². The van der Waals surface area contributed by atoms with E-state index in [1.165, 1.54) is 11.8 Å². The molecule has 1 saturated carbocycles. The summed E-state index contributed by atoms with van der Waals surface area (Å²) in [6.45, 7) is 9.26. The van der Waals surface area contributed by atoms with Crippen LogP contribution in [-0.2, 0) is 14.3 Å². The number of benzene rings is 1. The Morgan fingerprint density at radius 1 is 1.11 bits per heavy atom. The van der Waals surface area contributed by atoms with E-state index in [1.54, 1.807) is 6.07 Å². The minimum absolute atomic E-state index is 0.0265. The Morgan fingerprint density at radius 3 is 2.43 bits per heavy atom. The second-order valence-electron chi connectivity index (χ2n) is 8.30. The molecule has 0 spiro atoms. The Bertz CT molecular complexity index is 648. The van der Waals surface area contributed by atoms with E-state index in [4.69, 9.17) is 9.47 Å². The minimum atomic E-state index is -0.230. The van der Waals surface area contributed by atoms with Crippen LogP contribution in [0, 0.1) is 11.3 Å². The SMILES string of the molecule is CCOc1ccccc1NC(=O)CSCC(=O)OC1CCC(C(C)(C)C)CC1. The average molecular weight is 408 g/mol. The molecule has 28 heavy (non-hydrogen) atoms. The lowest BCUT2D eigenvalue weighted by molar-refractivity contribution is -0.148. The second kappa shape index (κ2) is 10.7. The van der Waals surface area contributed by atoms with Crippen LogP contribution in [-0.4, -0.2) is 36.1 Å². The van der Waals surface area contributed by atoms with E-state index in [0.29, 0.717) is 29.4 Å². The lowest BCUT2D eigenvalue weighted by Crippen LogP contribution is -2.30. The molecule has 0 unspecified atom stereocenters. The molecule has 0 aliphatic heterocycles. The van der Waals surface area contributed by atoms with Crippen LogP contribution in [0.4, 0.5) is 5.69 Å². The van der Waals surface area contributed by atoms with Crippen molar-refractivity contribution in [3.63, 3.8) is 0 Å². The largest absolute Gasteiger partial charge is 0.492 e. The van der Waals surface area contributed by atoms with Crippen LogP contribution in [0.2, 0.25) is 0 Å². The molecule has 1 N–H and O–H groups in total. The van der Waals surface area contributed by atoms with Gasteiger partial charge in [0.25, 0.3) is 0 Å². The zero-order valence-corrected chi connectivity index (χ0v) is 18.3. The van der Waals surface area contributed by atoms with E-state index in [9.17, 15) is 9.59 Å². The normalized spacial score (nSPS) is 19.7. The monoisotopic (exact) mass is 407 g/mol. The van der Waals surface area contributed by atoms with E-state index in [-0.39, 0.29) is 29.5 Å². The molecular weight excluding hydrogens is 374 g/mol. The zero-order valence-electron chi connectivity index (χ0n) is 17.5. The fraction of sp³-hybridized carbons (Fsp3) is 0.636. The molecule has 1 aromatic rings. The third-order valence-corrected chi connectivity index (χ3v) is 6.02. The molecule has 5 nitrogen and oxygen atoms in total. The highest BCUT2D eigenvalue weighted by Crippen LogP contribution is 2.38. The van der Waals surface area contributed by atoms with E-state index < -0.39 is 0 Å². The van der Waals surface area contributed by atoms with Crippen LogP contribution in [0.1, 0.15) is 53.4 Å². The molecule has 0 heterocycles. The van der Waals surface area contributed by atoms with E-state index in [0.717, 1.165) is 25.7 Å². The summed E-state index contributed by atoms with van der Waals surface area (Å²) < 4.78 is 11.1. The first-order valence-corrected chi connectivity index (χ1v) is 11.2. The van der Waals surface area contributed by atoms with Crippen LogP contribution >= 0.6 is 11.8 Å². The van der Waals surface area contributed by atoms with Crippen molar-refractivity contribution in [2.75, 3.05) is 23.4 Å². The highest BCUT2D eigenvalue weighted by molar-refractivity contribution is 8.00. The number of ether oxygens (including phenoxy) is 2. The average Bonchev–Trinajstić information content (AvgIpc) is 2.63. The number of hydrogen-bond donors (Lipinski definition) is 1. The van der Waals surface area contributed by atoms with Gasteiger partial charge in [-0.15, -0.1) is 11.8 Å². The fourth-order valence-corrected chi connectivity index (χ4v) is 4.13. The van der Waals surface area contributed by atoms with Crippen molar-refractivity contribution in [3.05, 3.63) is 24.3 Å². The molecule has 0 radical (unpaired) electrons. The number of thioether (sulfide) groups is 1. The molecule has 6 heteroatoms. The summed E-state index contributed by atoms with van der Waals surface area (Å²) in [5.74, 6) is 1.35. The number of para-hydroxylation sites is 2. The molecule has 156 valence electrons. The Balaban J connectivity index is 1.66. The molecule has 2 rings (SSSR count). The van der Waals surface area contributed by atoms with Crippen molar-refractivity contribution in [1.29, 1.82) is 0 Å². The third kappa shape index (κ3) is 7.38. The first-order valence-electron chi connectivity index (χ1n) is 10.1. The van der Waals surface area contributed by atoms with Gasteiger partial charge in [-0.1, -0.05) is 32.9 Å². The van der Waals surface area contributed by atoms with Crippen LogP contribution in [0.5, 0.6) is 5.75 Å². The van der Waals surface area contributed by atoms with Gasteiger partial charge >= 0.3 is 5.97 Å². The highest BCUT2D eigenvalue weighted by Gasteiger charge is 2.31. The predicted molar refractivity (Wildman–Crippen MR) is 115 cm³/mol. The first kappa shape index (κ1) is 22.6. The summed E-state index contributed by atoms with van der Waals surface area (Å²) in [6.07, 6.45) is 4.12. The molecule has 0 aromatic heterocycles. The van der Waals surface area contributed by atoms with Gasteiger partial charge in [0.2, 0.25) is 5.91 Å². The van der Waals surface area contributed by atoms with E-state index >= 15 is 0 Å². The maximum atomic E-state index is 12.1. The molecule has 0 bridgehead atoms. The van der Waals surface area contributed by atoms with Gasteiger partial charge in [0, 0.05) is 0 Å². The van der Waals surface area contributed by atoms with E-state index in [2.05, 4.69) is 26.1 Å². The van der Waals surface area contributed by atoms with Gasteiger partial charge in [0.05, 0.1) is 23.8 Å². The lowest BCUT2D eigenvalue weighted by Gasteiger charge is -2.36. The topological polar surface area (TPSA) is 64.6 Å². The van der Waals surface area contributed by atoms with Crippen molar-refractivity contribution < 1.29 is 19.1 Å². The zero-order chi connectivity index (χ0) is 20.6. The van der Waals surface area contributed by atoms with Crippen molar-refractivity contribution in [2.24, 2.45) is 11.3 Å². The summed E-state index contributed by atoms with van der Waals surface area (Å²) >= 11 is 1.27. The number of anilines is 1. The van der Waals surface area contributed by atoms with Crippen molar-refractivity contribution in [2.45, 2.75) is 59.5 Å². The number of nitrogens with one attached hydrogen (secondary N) is 1. The summed E-state index contributed by atoms with van der Waals surface area (Å²) in [5.41, 5.74) is 0.965. The summed E-state index contributed by atoms with van der Waals surface area (Å²) in [6, 6.07) is 7.32. The van der Waals surface area contributed by atoms with Gasteiger partial charge < -0.3 is 14.8 Å². The van der Waals surface area contributed by atoms with Gasteiger partial charge in [-0.3, -0.25) is 9.59 Å². The molecule has 1 aliphatic rings. The number of hydrogen-bond acceptors (Lipinski definition) is 5. The summed E-state index contributed by atoms with van der Waals surface area (Å²) in [4.78, 5) is 24.2. The molecule has 1 aromatic carbocycles. The maximum Gasteiger partial charge on any atom is 0.316 e. The van der Waals surface area contributed by atoms with Gasteiger partial charge in [-0.05, 0) is 56.1 Å². The van der Waals surface area contributed by atoms with Crippen LogP contribution in [0.3, 0.4) is 0 Å². The van der Waals surface area contributed by atoms with Crippen LogP contribution in [0.25, 0.3) is 0 Å². The van der Waals surface area contributed by atoms with Crippen molar-refractivity contribution in [3.8, 4) is 5.75 Å². The molecule has 0 atom stereocenters. The number of carbonyl (C=O) groups excluding carboxylic acids is 2. The number of amides is 1. The standard InChI is InChI=1S/C22H33NO4S/c1-5-26-19-9-7-6-8-18(19)23-20(24)14-28-15-21(25)27-17-12-10-16(11-13-17)22(2,3)4/h6-9,16-17H,5,10-15H2,1-4H3,(H,23,24). The Kier molecular flexibility index (Phi) is 8.67. The lowest BCUT2D eigenvalue weighted by atomic mass is 9.72. The highest BCUT2D eigenvalue weighted by atomic mass is 32.2. The van der Waals surface area contributed by atoms with Gasteiger partial charge in [-0.25, -0.2) is 0 Å². The fourth-order valence-electron chi connectivity index (χ4n) is 3.53. The molecular formula is C22H33NO4S. The number of carbonyl (C=O) groups is 2. The molecule has 0 saturated heterocycles. The quantitative estimate of drug-likeness (QED) is 0.621. The van der Waals surface area contributed by atoms with Gasteiger partial charge in [0.1, 0.15) is 11.9 Å². The van der Waals surface area contributed by atoms with Crippen molar-refractivity contribution in [1.82, 2.24) is 0 Å². The van der Waals surface area contributed by atoms with E-state index in [1.807, 2.05) is 25.1 Å². The first-order chi connectivity index (χ1) is 13.3. The Morgan fingerprint density at radius 2 is 1.79 bits per heavy atom. The van der Waals surface area contributed by atoms with Gasteiger partial charge in [-0.2, -0.15) is 0 Å². The van der Waals surface area contributed by atoms with Gasteiger partial charge in [0.15, 0.2) is 0 Å². The smallest absolute Gasteiger partial charge is 0.316 e. The Labute approximate surface area is 172 Å². The molecule has 1 amide bonds. The summed E-state index contributed by atoms with van der Waals surface area (Å²) in [7, 11) is 0. The maximum absolute atomic E-state index is 12.1. The summed E-state index contributed by atoms with van der Waals surface area (Å²) in [5, 5.41) is 2.83. The minimum Gasteiger partial charge on any atom is -0.492 e. The Hall–Kier alpha value is -1.69. The second-order valence-corrected chi connectivity index (χ2v) is 9.29. The molecule has 1 fully saturated rings. The number of esters is 1. The van der Waals surface area contributed by atoms with Crippen LogP contribution in [0.15, 0.2) is 24.3 Å².